The van der Waals surface area contributed by atoms with Gasteiger partial charge in [-0.15, -0.1) is 0 Å². The predicted octanol–water partition coefficient (Wildman–Crippen LogP) is 4.85. The highest BCUT2D eigenvalue weighted by Gasteiger charge is 2.17. The van der Waals surface area contributed by atoms with Gasteiger partial charge in [0, 0.05) is 22.1 Å². The molecule has 1 fully saturated rings. The molecule has 1 aromatic rings. The van der Waals surface area contributed by atoms with E-state index in [1.807, 2.05) is 12.1 Å². The summed E-state index contributed by atoms with van der Waals surface area (Å²) in [6, 6.07) is 6.89. The maximum atomic E-state index is 6.22. The summed E-state index contributed by atoms with van der Waals surface area (Å²) in [4.78, 5) is 2.55. The second-order valence-electron chi connectivity index (χ2n) is 6.04. The van der Waals surface area contributed by atoms with E-state index in [0.717, 1.165) is 28.6 Å². The van der Waals surface area contributed by atoms with E-state index in [9.17, 15) is 0 Å². The normalized spacial score (nSPS) is 16.6. The zero-order chi connectivity index (χ0) is 15.1. The van der Waals surface area contributed by atoms with Crippen molar-refractivity contribution in [1.82, 2.24) is 10.2 Å². The SMILES string of the molecule is CN(CCCNCc1ccc(Br)cc1Cl)C1CCCCC1. The Kier molecular flexibility index (Phi) is 7.51. The van der Waals surface area contributed by atoms with Crippen molar-refractivity contribution in [3.8, 4) is 0 Å². The molecular weight excluding hydrogens is 348 g/mol. The molecule has 0 atom stereocenters. The Bertz CT molecular complexity index is 433. The number of benzene rings is 1. The Morgan fingerprint density at radius 1 is 1.29 bits per heavy atom. The van der Waals surface area contributed by atoms with Gasteiger partial charge in [-0.2, -0.15) is 0 Å². The van der Waals surface area contributed by atoms with Crippen LogP contribution in [0.25, 0.3) is 0 Å². The first kappa shape index (κ1) is 17.3. The molecule has 0 unspecified atom stereocenters. The summed E-state index contributed by atoms with van der Waals surface area (Å²) in [7, 11) is 2.28. The third-order valence-corrected chi connectivity index (χ3v) is 5.24. The van der Waals surface area contributed by atoms with Gasteiger partial charge >= 0.3 is 0 Å². The smallest absolute Gasteiger partial charge is 0.0462 e. The molecule has 1 saturated carbocycles. The summed E-state index contributed by atoms with van der Waals surface area (Å²) >= 11 is 9.65. The number of hydrogen-bond acceptors (Lipinski definition) is 2. The Morgan fingerprint density at radius 3 is 2.76 bits per heavy atom. The van der Waals surface area contributed by atoms with E-state index in [0.29, 0.717) is 0 Å². The first-order chi connectivity index (χ1) is 10.2. The molecular formula is C17H26BrClN2. The van der Waals surface area contributed by atoms with Crippen molar-refractivity contribution >= 4 is 27.5 Å². The fourth-order valence-corrected chi connectivity index (χ4v) is 3.79. The van der Waals surface area contributed by atoms with E-state index >= 15 is 0 Å². The standard InChI is InChI=1S/C17H26BrClN2/c1-21(16-6-3-2-4-7-16)11-5-10-20-13-14-8-9-15(18)12-17(14)19/h8-9,12,16,20H,2-7,10-11,13H2,1H3. The van der Waals surface area contributed by atoms with Crippen LogP contribution in [0, 0.1) is 0 Å². The molecule has 1 N–H and O–H groups in total. The van der Waals surface area contributed by atoms with E-state index in [2.05, 4.69) is 39.3 Å². The van der Waals surface area contributed by atoms with Crippen molar-refractivity contribution in [2.75, 3.05) is 20.1 Å². The van der Waals surface area contributed by atoms with Crippen LogP contribution in [-0.4, -0.2) is 31.1 Å². The average molecular weight is 374 g/mol. The molecule has 0 spiro atoms. The second-order valence-corrected chi connectivity index (χ2v) is 7.36. The van der Waals surface area contributed by atoms with Crippen molar-refractivity contribution in [2.45, 2.75) is 51.1 Å². The lowest BCUT2D eigenvalue weighted by Gasteiger charge is -2.31. The largest absolute Gasteiger partial charge is 0.313 e. The van der Waals surface area contributed by atoms with Gasteiger partial charge in [0.1, 0.15) is 0 Å². The summed E-state index contributed by atoms with van der Waals surface area (Å²) in [6.45, 7) is 3.08. The first-order valence-electron chi connectivity index (χ1n) is 8.01. The molecule has 0 aromatic heterocycles. The molecule has 4 heteroatoms. The molecule has 0 saturated heterocycles. The van der Waals surface area contributed by atoms with Gasteiger partial charge in [-0.25, -0.2) is 0 Å². The van der Waals surface area contributed by atoms with Crippen molar-refractivity contribution in [3.63, 3.8) is 0 Å². The van der Waals surface area contributed by atoms with Gasteiger partial charge in [0.05, 0.1) is 0 Å². The molecule has 0 aliphatic heterocycles. The van der Waals surface area contributed by atoms with Crippen LogP contribution in [0.2, 0.25) is 5.02 Å². The monoisotopic (exact) mass is 372 g/mol. The molecule has 0 bridgehead atoms. The summed E-state index contributed by atoms with van der Waals surface area (Å²) < 4.78 is 1.03. The zero-order valence-electron chi connectivity index (χ0n) is 12.9. The van der Waals surface area contributed by atoms with Crippen LogP contribution in [0.4, 0.5) is 0 Å². The maximum absolute atomic E-state index is 6.22. The third-order valence-electron chi connectivity index (χ3n) is 4.39. The Morgan fingerprint density at radius 2 is 2.05 bits per heavy atom. The summed E-state index contributed by atoms with van der Waals surface area (Å²) in [5, 5.41) is 4.32. The molecule has 21 heavy (non-hydrogen) atoms. The second kappa shape index (κ2) is 9.14. The quantitative estimate of drug-likeness (QED) is 0.687. The van der Waals surface area contributed by atoms with Gasteiger partial charge in [0.25, 0.3) is 0 Å². The minimum Gasteiger partial charge on any atom is -0.313 e. The number of rotatable bonds is 7. The van der Waals surface area contributed by atoms with Gasteiger partial charge < -0.3 is 10.2 Å². The molecule has 0 amide bonds. The van der Waals surface area contributed by atoms with E-state index < -0.39 is 0 Å². The Hall–Kier alpha value is -0.0900. The minimum atomic E-state index is 0.819. The highest BCUT2D eigenvalue weighted by Crippen LogP contribution is 2.22. The van der Waals surface area contributed by atoms with Crippen LogP contribution < -0.4 is 5.32 Å². The Balaban J connectivity index is 1.61. The van der Waals surface area contributed by atoms with Crippen LogP contribution in [0.5, 0.6) is 0 Å². The first-order valence-corrected chi connectivity index (χ1v) is 9.19. The molecule has 1 aliphatic carbocycles. The van der Waals surface area contributed by atoms with Crippen LogP contribution >= 0.6 is 27.5 Å². The fraction of sp³-hybridized carbons (Fsp3) is 0.647. The summed E-state index contributed by atoms with van der Waals surface area (Å²) in [5.41, 5.74) is 1.17. The molecule has 1 aliphatic rings. The van der Waals surface area contributed by atoms with Crippen LogP contribution in [0.1, 0.15) is 44.1 Å². The van der Waals surface area contributed by atoms with Crippen LogP contribution in [0.3, 0.4) is 0 Å². The lowest BCUT2D eigenvalue weighted by molar-refractivity contribution is 0.189. The topological polar surface area (TPSA) is 15.3 Å². The lowest BCUT2D eigenvalue weighted by atomic mass is 9.94. The molecule has 0 radical (unpaired) electrons. The zero-order valence-corrected chi connectivity index (χ0v) is 15.2. The fourth-order valence-electron chi connectivity index (χ4n) is 3.05. The van der Waals surface area contributed by atoms with Gasteiger partial charge in [-0.1, -0.05) is 52.9 Å². The van der Waals surface area contributed by atoms with Crippen molar-refractivity contribution in [1.29, 1.82) is 0 Å². The van der Waals surface area contributed by atoms with E-state index in [-0.39, 0.29) is 0 Å². The third kappa shape index (κ3) is 5.90. The van der Waals surface area contributed by atoms with E-state index in [1.165, 1.54) is 50.6 Å². The summed E-state index contributed by atoms with van der Waals surface area (Å²) in [6.07, 6.45) is 8.22. The molecule has 2 nitrogen and oxygen atoms in total. The molecule has 2 rings (SSSR count). The molecule has 118 valence electrons. The van der Waals surface area contributed by atoms with Crippen molar-refractivity contribution in [2.24, 2.45) is 0 Å². The minimum absolute atomic E-state index is 0.819. The van der Waals surface area contributed by atoms with Gasteiger partial charge in [0.15, 0.2) is 0 Å². The van der Waals surface area contributed by atoms with E-state index in [1.54, 1.807) is 0 Å². The van der Waals surface area contributed by atoms with Crippen LogP contribution in [-0.2, 0) is 6.54 Å². The predicted molar refractivity (Wildman–Crippen MR) is 95.0 cm³/mol. The number of nitrogens with zero attached hydrogens (tertiary/aromatic N) is 1. The highest BCUT2D eigenvalue weighted by molar-refractivity contribution is 9.10. The lowest BCUT2D eigenvalue weighted by Crippen LogP contribution is -2.35. The van der Waals surface area contributed by atoms with Crippen molar-refractivity contribution < 1.29 is 0 Å². The highest BCUT2D eigenvalue weighted by atomic mass is 79.9. The number of hydrogen-bond donors (Lipinski definition) is 1. The van der Waals surface area contributed by atoms with Crippen LogP contribution in [0.15, 0.2) is 22.7 Å². The van der Waals surface area contributed by atoms with Gasteiger partial charge in [0.2, 0.25) is 0 Å². The molecule has 0 heterocycles. The number of halogens is 2. The van der Waals surface area contributed by atoms with Crippen molar-refractivity contribution in [3.05, 3.63) is 33.3 Å². The summed E-state index contributed by atoms with van der Waals surface area (Å²) in [5.74, 6) is 0. The molecule has 1 aromatic carbocycles. The van der Waals surface area contributed by atoms with Gasteiger partial charge in [-0.3, -0.25) is 0 Å². The number of nitrogens with one attached hydrogen (secondary N) is 1. The average Bonchev–Trinajstić information content (AvgIpc) is 2.49. The Labute approximate surface area is 142 Å². The van der Waals surface area contributed by atoms with E-state index in [4.69, 9.17) is 11.6 Å². The maximum Gasteiger partial charge on any atom is 0.0462 e. The van der Waals surface area contributed by atoms with Gasteiger partial charge in [-0.05, 0) is 57.1 Å².